The van der Waals surface area contributed by atoms with Gasteiger partial charge < -0.3 is 14.3 Å². The van der Waals surface area contributed by atoms with Crippen LogP contribution in [0.5, 0.6) is 0 Å². The average Bonchev–Trinajstić information content (AvgIpc) is 3.39. The fraction of sp³-hybridized carbons (Fsp3) is 0.0800. The second kappa shape index (κ2) is 8.88. The Labute approximate surface area is 187 Å². The standard InChI is InChI=1S/C25H20N2O6/c1-3-32-25(31)20-7-5-4-6-19(20)22-13-12-18(33-22)14-21-15(2)26-27(23(21)28)17-10-8-16(9-11-17)24(29)30/h4-14,26H,2-3H2,1H3,(H,29,30). The lowest BCUT2D eigenvalue weighted by Gasteiger charge is -2.06. The van der Waals surface area contributed by atoms with Gasteiger partial charge in [-0.25, -0.2) is 14.3 Å². The fourth-order valence-corrected chi connectivity index (χ4v) is 3.38. The van der Waals surface area contributed by atoms with E-state index in [4.69, 9.17) is 14.3 Å². The number of ether oxygens (including phenoxy) is 1. The van der Waals surface area contributed by atoms with Crippen LogP contribution in [0.1, 0.15) is 33.4 Å². The quantitative estimate of drug-likeness (QED) is 0.442. The van der Waals surface area contributed by atoms with Crippen molar-refractivity contribution in [3.63, 3.8) is 0 Å². The number of carboxylic acid groups (broad SMARTS) is 1. The highest BCUT2D eigenvalue weighted by atomic mass is 16.5. The number of nitrogens with zero attached hydrogens (tertiary/aromatic N) is 1. The molecule has 8 heteroatoms. The molecule has 0 bridgehead atoms. The van der Waals surface area contributed by atoms with Crippen molar-refractivity contribution in [3.8, 4) is 17.0 Å². The lowest BCUT2D eigenvalue weighted by Crippen LogP contribution is -2.33. The summed E-state index contributed by atoms with van der Waals surface area (Å²) in [6.45, 7) is 5.88. The lowest BCUT2D eigenvalue weighted by atomic mass is 10.1. The number of rotatable bonds is 6. The van der Waals surface area contributed by atoms with Gasteiger partial charge in [-0.05, 0) is 55.5 Å². The fourth-order valence-electron chi connectivity index (χ4n) is 3.38. The second-order valence-corrected chi connectivity index (χ2v) is 7.11. The molecule has 166 valence electrons. The number of furan rings is 1. The van der Waals surface area contributed by atoms with Crippen LogP contribution >= 0.6 is 0 Å². The molecule has 2 N–H and O–H groups in total. The van der Waals surface area contributed by atoms with E-state index in [1.807, 2.05) is 0 Å². The van der Waals surface area contributed by atoms with Gasteiger partial charge in [0.25, 0.3) is 5.56 Å². The Morgan fingerprint density at radius 1 is 1.12 bits per heavy atom. The van der Waals surface area contributed by atoms with Crippen molar-refractivity contribution < 1.29 is 23.8 Å². The molecule has 0 atom stereocenters. The molecule has 0 aliphatic heterocycles. The molecule has 8 nitrogen and oxygen atoms in total. The zero-order chi connectivity index (χ0) is 23.5. The number of benzene rings is 2. The number of aromatic carboxylic acids is 1. The third-order valence-corrected chi connectivity index (χ3v) is 4.98. The summed E-state index contributed by atoms with van der Waals surface area (Å²) in [7, 11) is 0. The predicted octanol–water partition coefficient (Wildman–Crippen LogP) is 2.54. The molecule has 33 heavy (non-hydrogen) atoms. The Kier molecular flexibility index (Phi) is 5.82. The third-order valence-electron chi connectivity index (χ3n) is 4.98. The summed E-state index contributed by atoms with van der Waals surface area (Å²) in [6, 6.07) is 16.2. The zero-order valence-electron chi connectivity index (χ0n) is 17.7. The predicted molar refractivity (Wildman–Crippen MR) is 122 cm³/mol. The van der Waals surface area contributed by atoms with Crippen molar-refractivity contribution in [1.29, 1.82) is 0 Å². The van der Waals surface area contributed by atoms with E-state index >= 15 is 0 Å². The van der Waals surface area contributed by atoms with E-state index in [9.17, 15) is 14.4 Å². The normalized spacial score (nSPS) is 11.5. The summed E-state index contributed by atoms with van der Waals surface area (Å²) in [6.07, 6.45) is 1.56. The molecule has 4 rings (SSSR count). The summed E-state index contributed by atoms with van der Waals surface area (Å²) >= 11 is 0. The van der Waals surface area contributed by atoms with E-state index < -0.39 is 11.9 Å². The van der Waals surface area contributed by atoms with Crippen LogP contribution in [-0.2, 0) is 4.74 Å². The molecule has 0 radical (unpaired) electrons. The number of aromatic amines is 1. The van der Waals surface area contributed by atoms with E-state index in [2.05, 4.69) is 11.7 Å². The summed E-state index contributed by atoms with van der Waals surface area (Å²) in [5, 5.41) is 12.6. The van der Waals surface area contributed by atoms with Crippen LogP contribution in [0.25, 0.3) is 29.7 Å². The molecule has 0 fully saturated rings. The molecule has 2 aromatic heterocycles. The maximum Gasteiger partial charge on any atom is 0.338 e. The van der Waals surface area contributed by atoms with Crippen molar-refractivity contribution >= 4 is 24.6 Å². The molecule has 0 aliphatic rings. The SMILES string of the molecule is C=c1[nH]n(-c2ccc(C(=O)O)cc2)c(=O)c1=Cc1ccc(-c2ccccc2C(=O)OCC)o1. The highest BCUT2D eigenvalue weighted by Gasteiger charge is 2.16. The maximum atomic E-state index is 12.9. The van der Waals surface area contributed by atoms with Gasteiger partial charge in [0.05, 0.1) is 34.0 Å². The van der Waals surface area contributed by atoms with Crippen LogP contribution in [0.2, 0.25) is 0 Å². The molecule has 4 aromatic rings. The van der Waals surface area contributed by atoms with Gasteiger partial charge >= 0.3 is 11.9 Å². The number of hydrogen-bond acceptors (Lipinski definition) is 5. The first-order valence-corrected chi connectivity index (χ1v) is 10.1. The summed E-state index contributed by atoms with van der Waals surface area (Å²) in [4.78, 5) is 36.3. The molecule has 0 unspecified atom stereocenters. The Balaban J connectivity index is 1.72. The minimum atomic E-state index is -1.05. The molecular weight excluding hydrogens is 424 g/mol. The Hall–Kier alpha value is -4.59. The third kappa shape index (κ3) is 4.27. The summed E-state index contributed by atoms with van der Waals surface area (Å²) in [5.74, 6) is -0.642. The van der Waals surface area contributed by atoms with Crippen LogP contribution < -0.4 is 16.1 Å². The molecule has 0 spiro atoms. The Morgan fingerprint density at radius 3 is 2.55 bits per heavy atom. The van der Waals surface area contributed by atoms with E-state index in [0.717, 1.165) is 0 Å². The highest BCUT2D eigenvalue weighted by molar-refractivity contribution is 5.96. The number of esters is 1. The van der Waals surface area contributed by atoms with Gasteiger partial charge in [0.15, 0.2) is 0 Å². The molecule has 0 amide bonds. The highest BCUT2D eigenvalue weighted by Crippen LogP contribution is 2.26. The molecular formula is C25H20N2O6. The lowest BCUT2D eigenvalue weighted by molar-refractivity contribution is 0.0526. The van der Waals surface area contributed by atoms with Gasteiger partial charge in [0.2, 0.25) is 0 Å². The van der Waals surface area contributed by atoms with Crippen LogP contribution in [0, 0.1) is 0 Å². The summed E-state index contributed by atoms with van der Waals surface area (Å²) < 4.78 is 12.3. The van der Waals surface area contributed by atoms with Gasteiger partial charge in [0.1, 0.15) is 11.5 Å². The van der Waals surface area contributed by atoms with Crippen molar-refractivity contribution in [3.05, 3.63) is 98.5 Å². The first-order valence-electron chi connectivity index (χ1n) is 10.1. The number of aromatic nitrogens is 2. The number of carbonyl (C=O) groups is 2. The molecule has 2 aromatic carbocycles. The average molecular weight is 444 g/mol. The van der Waals surface area contributed by atoms with Crippen LogP contribution in [0.15, 0.2) is 69.9 Å². The van der Waals surface area contributed by atoms with Gasteiger partial charge in [-0.15, -0.1) is 0 Å². The first-order chi connectivity index (χ1) is 15.9. The number of H-pyrrole nitrogens is 1. The number of hydrogen-bond donors (Lipinski definition) is 2. The van der Waals surface area contributed by atoms with E-state index in [-0.39, 0.29) is 22.9 Å². The van der Waals surface area contributed by atoms with E-state index in [0.29, 0.717) is 33.7 Å². The number of carbonyl (C=O) groups excluding carboxylic acids is 1. The van der Waals surface area contributed by atoms with E-state index in [1.165, 1.54) is 28.9 Å². The van der Waals surface area contributed by atoms with Crippen molar-refractivity contribution in [2.75, 3.05) is 6.61 Å². The van der Waals surface area contributed by atoms with Gasteiger partial charge in [-0.1, -0.05) is 24.8 Å². The molecule has 0 saturated heterocycles. The molecule has 0 aliphatic carbocycles. The second-order valence-electron chi connectivity index (χ2n) is 7.11. The van der Waals surface area contributed by atoms with Crippen LogP contribution in [0.4, 0.5) is 0 Å². The van der Waals surface area contributed by atoms with Crippen LogP contribution in [0.3, 0.4) is 0 Å². The van der Waals surface area contributed by atoms with Crippen molar-refractivity contribution in [2.24, 2.45) is 0 Å². The Morgan fingerprint density at radius 2 is 1.85 bits per heavy atom. The van der Waals surface area contributed by atoms with Crippen molar-refractivity contribution in [2.45, 2.75) is 6.92 Å². The van der Waals surface area contributed by atoms with Gasteiger partial charge in [-0.2, -0.15) is 0 Å². The Bertz CT molecular complexity index is 1510. The zero-order valence-corrected chi connectivity index (χ0v) is 17.7. The van der Waals surface area contributed by atoms with Crippen LogP contribution in [-0.4, -0.2) is 33.4 Å². The first kappa shape index (κ1) is 21.6. The topological polar surface area (TPSA) is 115 Å². The summed E-state index contributed by atoms with van der Waals surface area (Å²) in [5.41, 5.74) is 1.18. The number of carboxylic acids is 1. The maximum absolute atomic E-state index is 12.9. The molecule has 2 heterocycles. The minimum Gasteiger partial charge on any atom is -0.478 e. The largest absolute Gasteiger partial charge is 0.478 e. The van der Waals surface area contributed by atoms with Gasteiger partial charge in [-0.3, -0.25) is 9.89 Å². The minimum absolute atomic E-state index is 0.117. The smallest absolute Gasteiger partial charge is 0.338 e. The number of nitrogens with one attached hydrogen (secondary N) is 1. The molecule has 0 saturated carbocycles. The van der Waals surface area contributed by atoms with E-state index in [1.54, 1.807) is 49.4 Å². The van der Waals surface area contributed by atoms with Gasteiger partial charge in [0, 0.05) is 5.56 Å². The van der Waals surface area contributed by atoms with Crippen molar-refractivity contribution in [1.82, 2.24) is 9.78 Å². The monoisotopic (exact) mass is 444 g/mol.